The Kier molecular flexibility index (Phi) is 9.52. The van der Waals surface area contributed by atoms with Crippen molar-refractivity contribution >= 4 is 28.7 Å². The first-order chi connectivity index (χ1) is 23.2. The highest BCUT2D eigenvalue weighted by atomic mass is 32.1. The van der Waals surface area contributed by atoms with Gasteiger partial charge in [-0.25, -0.2) is 4.98 Å². The molecular weight excluding hydrogens is 597 g/mol. The molecule has 1 saturated heterocycles. The molecule has 2 fully saturated rings. The number of aromatic amines is 1. The Morgan fingerprint density at radius 1 is 0.723 bits per heavy atom. The van der Waals surface area contributed by atoms with E-state index < -0.39 is 5.41 Å². The normalized spacial score (nSPS) is 16.4. The van der Waals surface area contributed by atoms with E-state index >= 15 is 0 Å². The predicted octanol–water partition coefficient (Wildman–Crippen LogP) is 7.93. The molecular formula is C40H44N6S. The van der Waals surface area contributed by atoms with E-state index in [2.05, 4.69) is 146 Å². The lowest BCUT2D eigenvalue weighted by molar-refractivity contribution is 0.355. The second-order valence-electron chi connectivity index (χ2n) is 12.8. The fraction of sp³-hybridized carbons (Fsp3) is 0.300. The van der Waals surface area contributed by atoms with Gasteiger partial charge in [-0.3, -0.25) is 0 Å². The maximum atomic E-state index is 5.82. The number of piperazine rings is 1. The van der Waals surface area contributed by atoms with Crippen LogP contribution < -0.4 is 15.5 Å². The van der Waals surface area contributed by atoms with Gasteiger partial charge in [-0.15, -0.1) is 0 Å². The summed E-state index contributed by atoms with van der Waals surface area (Å²) in [6, 6.07) is 41.8. The quantitative estimate of drug-likeness (QED) is 0.112. The van der Waals surface area contributed by atoms with Gasteiger partial charge in [0.15, 0.2) is 5.11 Å². The third-order valence-corrected chi connectivity index (χ3v) is 10.4. The topological polar surface area (TPSA) is 59.2 Å². The molecule has 7 rings (SSSR count). The highest BCUT2D eigenvalue weighted by Gasteiger charge is 2.45. The Hall–Kier alpha value is -4.62. The van der Waals surface area contributed by atoms with Crippen LogP contribution in [0.4, 0.5) is 11.4 Å². The number of thiocarbonyl (C=S) groups is 1. The standard InChI is InChI=1S/C40H44N6S/c47-39(44-34-19-11-4-12-20-34)46-27-25-45(26-28-46)36-23-21-35(22-24-36)43-38(37-29-41-30-42-37)40(31-13-5-1-6-14-31,32-15-7-2-8-16-32)33-17-9-3-10-18-33/h1-3,5-10,13-18,21-24,29-30,34,38,43H,4,11-12,19-20,25-28H2,(H,41,42)(H,44,47). The maximum Gasteiger partial charge on any atom is 0.169 e. The van der Waals surface area contributed by atoms with Crippen molar-refractivity contribution in [3.05, 3.63) is 150 Å². The molecule has 1 saturated carbocycles. The highest BCUT2D eigenvalue weighted by molar-refractivity contribution is 7.80. The van der Waals surface area contributed by atoms with Crippen LogP contribution in [0.15, 0.2) is 128 Å². The fourth-order valence-electron chi connectivity index (χ4n) is 7.56. The van der Waals surface area contributed by atoms with Crippen molar-refractivity contribution in [1.29, 1.82) is 0 Å². The van der Waals surface area contributed by atoms with Crippen molar-refractivity contribution < 1.29 is 0 Å². The van der Waals surface area contributed by atoms with E-state index in [9.17, 15) is 0 Å². The minimum atomic E-state index is -0.560. The molecule has 3 N–H and O–H groups in total. The molecule has 0 radical (unpaired) electrons. The molecule has 0 bridgehead atoms. The van der Waals surface area contributed by atoms with Gasteiger partial charge in [-0.05, 0) is 66.0 Å². The SMILES string of the molecule is S=C(NC1CCCCC1)N1CCN(c2ccc(NC(c3cnc[nH]3)C(c3ccccc3)(c3ccccc3)c3ccccc3)cc2)CC1. The van der Waals surface area contributed by atoms with Crippen molar-refractivity contribution in [3.63, 3.8) is 0 Å². The molecule has 7 heteroatoms. The maximum absolute atomic E-state index is 5.82. The molecule has 47 heavy (non-hydrogen) atoms. The number of hydrogen-bond acceptors (Lipinski definition) is 4. The Morgan fingerprint density at radius 3 is 1.79 bits per heavy atom. The van der Waals surface area contributed by atoms with Gasteiger partial charge < -0.3 is 25.4 Å². The molecule has 1 aromatic heterocycles. The lowest BCUT2D eigenvalue weighted by Gasteiger charge is -2.43. The molecule has 1 aliphatic carbocycles. The van der Waals surface area contributed by atoms with E-state index in [1.807, 2.05) is 6.20 Å². The van der Waals surface area contributed by atoms with E-state index in [4.69, 9.17) is 12.2 Å². The first kappa shape index (κ1) is 31.0. The summed E-state index contributed by atoms with van der Waals surface area (Å²) in [6.45, 7) is 3.78. The van der Waals surface area contributed by atoms with Crippen LogP contribution in [0.1, 0.15) is 60.5 Å². The van der Waals surface area contributed by atoms with Crippen molar-refractivity contribution in [2.45, 2.75) is 49.6 Å². The zero-order chi connectivity index (χ0) is 31.9. The third-order valence-electron chi connectivity index (χ3n) is 9.99. The number of hydrogen-bond donors (Lipinski definition) is 3. The van der Waals surface area contributed by atoms with E-state index in [-0.39, 0.29) is 6.04 Å². The van der Waals surface area contributed by atoms with Crippen molar-refractivity contribution in [1.82, 2.24) is 20.2 Å². The van der Waals surface area contributed by atoms with E-state index in [0.29, 0.717) is 6.04 Å². The van der Waals surface area contributed by atoms with E-state index in [1.165, 1.54) is 54.5 Å². The first-order valence-corrected chi connectivity index (χ1v) is 17.4. The third kappa shape index (κ3) is 6.63. The summed E-state index contributed by atoms with van der Waals surface area (Å²) in [5, 5.41) is 8.57. The summed E-state index contributed by atoms with van der Waals surface area (Å²) in [6.07, 6.45) is 10.2. The van der Waals surface area contributed by atoms with Gasteiger partial charge >= 0.3 is 0 Å². The zero-order valence-corrected chi connectivity index (χ0v) is 27.7. The zero-order valence-electron chi connectivity index (χ0n) is 26.9. The van der Waals surface area contributed by atoms with Gasteiger partial charge in [0.1, 0.15) is 0 Å². The Bertz CT molecular complexity index is 1580. The summed E-state index contributed by atoms with van der Waals surface area (Å²) in [5.74, 6) is 0. The van der Waals surface area contributed by atoms with Crippen LogP contribution in [0.3, 0.4) is 0 Å². The minimum Gasteiger partial charge on any atom is -0.375 e. The molecule has 1 atom stereocenters. The van der Waals surface area contributed by atoms with Crippen LogP contribution in [-0.2, 0) is 5.41 Å². The van der Waals surface area contributed by atoms with Gasteiger partial charge in [0.2, 0.25) is 0 Å². The van der Waals surface area contributed by atoms with Crippen LogP contribution in [0, 0.1) is 0 Å². The Morgan fingerprint density at radius 2 is 1.28 bits per heavy atom. The van der Waals surface area contributed by atoms with Crippen LogP contribution in [0.5, 0.6) is 0 Å². The van der Waals surface area contributed by atoms with Crippen LogP contribution in [-0.4, -0.2) is 52.2 Å². The van der Waals surface area contributed by atoms with Crippen molar-refractivity contribution in [2.24, 2.45) is 0 Å². The molecule has 1 unspecified atom stereocenters. The number of benzene rings is 4. The molecule has 1 aliphatic heterocycles. The number of nitrogens with zero attached hydrogens (tertiary/aromatic N) is 3. The summed E-state index contributed by atoms with van der Waals surface area (Å²) < 4.78 is 0. The monoisotopic (exact) mass is 640 g/mol. The number of aromatic nitrogens is 2. The van der Waals surface area contributed by atoms with Crippen LogP contribution >= 0.6 is 12.2 Å². The largest absolute Gasteiger partial charge is 0.375 e. The Balaban J connectivity index is 1.16. The number of rotatable bonds is 9. The van der Waals surface area contributed by atoms with Gasteiger partial charge in [-0.2, -0.15) is 0 Å². The van der Waals surface area contributed by atoms with Gasteiger partial charge in [0, 0.05) is 43.6 Å². The average molecular weight is 641 g/mol. The Labute approximate surface area is 284 Å². The summed E-state index contributed by atoms with van der Waals surface area (Å²) in [4.78, 5) is 12.8. The van der Waals surface area contributed by atoms with E-state index in [1.54, 1.807) is 6.33 Å². The smallest absolute Gasteiger partial charge is 0.169 e. The lowest BCUT2D eigenvalue weighted by atomic mass is 9.63. The fourth-order valence-corrected chi connectivity index (χ4v) is 7.91. The lowest BCUT2D eigenvalue weighted by Crippen LogP contribution is -2.53. The molecule has 240 valence electrons. The molecule has 4 aromatic carbocycles. The summed E-state index contributed by atoms with van der Waals surface area (Å²) >= 11 is 5.82. The van der Waals surface area contributed by atoms with E-state index in [0.717, 1.165) is 42.7 Å². The van der Waals surface area contributed by atoms with Crippen molar-refractivity contribution in [3.8, 4) is 0 Å². The molecule has 0 amide bonds. The van der Waals surface area contributed by atoms with Gasteiger partial charge in [0.25, 0.3) is 0 Å². The molecule has 0 spiro atoms. The van der Waals surface area contributed by atoms with Crippen molar-refractivity contribution in [2.75, 3.05) is 36.4 Å². The second-order valence-corrected chi connectivity index (χ2v) is 13.2. The average Bonchev–Trinajstić information content (AvgIpc) is 3.69. The minimum absolute atomic E-state index is 0.190. The summed E-state index contributed by atoms with van der Waals surface area (Å²) in [5.41, 5.74) is 6.35. The number of imidazole rings is 1. The first-order valence-electron chi connectivity index (χ1n) is 17.0. The van der Waals surface area contributed by atoms with Gasteiger partial charge in [-0.1, -0.05) is 110 Å². The van der Waals surface area contributed by atoms with Gasteiger partial charge in [0.05, 0.1) is 29.7 Å². The highest BCUT2D eigenvalue weighted by Crippen LogP contribution is 2.49. The molecule has 2 heterocycles. The number of nitrogens with one attached hydrogen (secondary N) is 3. The number of anilines is 2. The van der Waals surface area contributed by atoms with Crippen LogP contribution in [0.25, 0.3) is 0 Å². The predicted molar refractivity (Wildman–Crippen MR) is 197 cm³/mol. The molecule has 2 aliphatic rings. The summed E-state index contributed by atoms with van der Waals surface area (Å²) in [7, 11) is 0. The molecule has 5 aromatic rings. The number of H-pyrrole nitrogens is 1. The van der Waals surface area contributed by atoms with Crippen LogP contribution in [0.2, 0.25) is 0 Å². The second kappa shape index (κ2) is 14.4. The molecule has 6 nitrogen and oxygen atoms in total.